The quantitative estimate of drug-likeness (QED) is 0.822. The Morgan fingerprint density at radius 2 is 1.55 bits per heavy atom. The van der Waals surface area contributed by atoms with Crippen LogP contribution in [0.4, 0.5) is 0 Å². The van der Waals surface area contributed by atoms with E-state index in [-0.39, 0.29) is 18.3 Å². The summed E-state index contributed by atoms with van der Waals surface area (Å²) >= 11 is 0. The van der Waals surface area contributed by atoms with Crippen molar-refractivity contribution in [3.63, 3.8) is 0 Å². The zero-order valence-corrected chi connectivity index (χ0v) is 13.7. The van der Waals surface area contributed by atoms with E-state index in [2.05, 4.69) is 5.32 Å². The standard InChI is InChI=1S/C13H24N2O3S.ClH/c1-19(17,18)13(6-8-14-9-7-13)12(16)15-10-4-2-3-5-11-15;/h14H,2-11H2,1H3;1H. The second kappa shape index (κ2) is 7.09. The predicted molar refractivity (Wildman–Crippen MR) is 82.0 cm³/mol. The van der Waals surface area contributed by atoms with Crippen LogP contribution >= 0.6 is 12.4 Å². The number of sulfone groups is 1. The lowest BCUT2D eigenvalue weighted by Gasteiger charge is -2.38. The second-order valence-corrected chi connectivity index (χ2v) is 8.05. The fourth-order valence-corrected chi connectivity index (χ4v) is 4.53. The van der Waals surface area contributed by atoms with Gasteiger partial charge in [0.05, 0.1) is 0 Å². The van der Waals surface area contributed by atoms with Gasteiger partial charge in [-0.3, -0.25) is 4.79 Å². The summed E-state index contributed by atoms with van der Waals surface area (Å²) in [5.74, 6) is -0.154. The van der Waals surface area contributed by atoms with Gasteiger partial charge in [-0.15, -0.1) is 12.4 Å². The molecule has 0 aromatic carbocycles. The molecular formula is C13H25ClN2O3S. The minimum Gasteiger partial charge on any atom is -0.341 e. The van der Waals surface area contributed by atoms with Crippen molar-refractivity contribution >= 4 is 28.2 Å². The van der Waals surface area contributed by atoms with Crippen LogP contribution in [0.2, 0.25) is 0 Å². The topological polar surface area (TPSA) is 66.5 Å². The zero-order valence-electron chi connectivity index (χ0n) is 12.1. The summed E-state index contributed by atoms with van der Waals surface area (Å²) in [6.07, 6.45) is 6.28. The van der Waals surface area contributed by atoms with Crippen LogP contribution in [0.3, 0.4) is 0 Å². The Morgan fingerprint density at radius 3 is 2.00 bits per heavy atom. The molecule has 0 aromatic rings. The maximum absolute atomic E-state index is 12.8. The van der Waals surface area contributed by atoms with Gasteiger partial charge in [0.2, 0.25) is 5.91 Å². The Balaban J connectivity index is 0.00000200. The number of nitrogens with zero attached hydrogens (tertiary/aromatic N) is 1. The molecule has 1 N–H and O–H groups in total. The van der Waals surface area contributed by atoms with Crippen molar-refractivity contribution in [1.29, 1.82) is 0 Å². The summed E-state index contributed by atoms with van der Waals surface area (Å²) in [6, 6.07) is 0. The predicted octanol–water partition coefficient (Wildman–Crippen LogP) is 0.978. The molecule has 0 unspecified atom stereocenters. The molecule has 0 bridgehead atoms. The van der Waals surface area contributed by atoms with Crippen LogP contribution in [-0.4, -0.2) is 56.4 Å². The fraction of sp³-hybridized carbons (Fsp3) is 0.923. The molecule has 0 radical (unpaired) electrons. The van der Waals surface area contributed by atoms with Crippen LogP contribution in [0.25, 0.3) is 0 Å². The molecule has 0 aliphatic carbocycles. The van der Waals surface area contributed by atoms with Gasteiger partial charge in [0.25, 0.3) is 0 Å². The van der Waals surface area contributed by atoms with Crippen molar-refractivity contribution in [2.75, 3.05) is 32.4 Å². The van der Waals surface area contributed by atoms with Gasteiger partial charge in [0, 0.05) is 19.3 Å². The molecule has 7 heteroatoms. The first-order chi connectivity index (χ1) is 8.97. The molecular weight excluding hydrogens is 300 g/mol. The van der Waals surface area contributed by atoms with Gasteiger partial charge >= 0.3 is 0 Å². The monoisotopic (exact) mass is 324 g/mol. The van der Waals surface area contributed by atoms with Gasteiger partial charge < -0.3 is 10.2 Å². The van der Waals surface area contributed by atoms with E-state index >= 15 is 0 Å². The molecule has 20 heavy (non-hydrogen) atoms. The van der Waals surface area contributed by atoms with Crippen LogP contribution in [0.5, 0.6) is 0 Å². The molecule has 0 spiro atoms. The van der Waals surface area contributed by atoms with E-state index in [0.29, 0.717) is 39.0 Å². The Bertz CT molecular complexity index is 425. The second-order valence-electron chi connectivity index (χ2n) is 5.72. The van der Waals surface area contributed by atoms with Gasteiger partial charge in [0.15, 0.2) is 14.6 Å². The van der Waals surface area contributed by atoms with E-state index in [1.165, 1.54) is 6.26 Å². The van der Waals surface area contributed by atoms with Gasteiger partial charge in [0.1, 0.15) is 0 Å². The first-order valence-corrected chi connectivity index (χ1v) is 9.06. The van der Waals surface area contributed by atoms with Crippen LogP contribution in [0, 0.1) is 0 Å². The van der Waals surface area contributed by atoms with E-state index in [0.717, 1.165) is 25.7 Å². The molecule has 2 rings (SSSR count). The van der Waals surface area contributed by atoms with Gasteiger partial charge in [-0.25, -0.2) is 8.42 Å². The third-order valence-electron chi connectivity index (χ3n) is 4.40. The van der Waals surface area contributed by atoms with Gasteiger partial charge in [-0.05, 0) is 38.8 Å². The number of amides is 1. The largest absolute Gasteiger partial charge is 0.341 e. The van der Waals surface area contributed by atoms with Gasteiger partial charge in [-0.1, -0.05) is 12.8 Å². The van der Waals surface area contributed by atoms with Crippen molar-refractivity contribution in [3.8, 4) is 0 Å². The number of hydrogen-bond acceptors (Lipinski definition) is 4. The molecule has 2 aliphatic rings. The molecule has 5 nitrogen and oxygen atoms in total. The third-order valence-corrected chi connectivity index (χ3v) is 6.41. The Morgan fingerprint density at radius 1 is 1.05 bits per heavy atom. The van der Waals surface area contributed by atoms with Crippen molar-refractivity contribution in [1.82, 2.24) is 10.2 Å². The normalized spacial score (nSPS) is 23.6. The number of piperidine rings is 1. The van der Waals surface area contributed by atoms with E-state index in [4.69, 9.17) is 0 Å². The number of hydrogen-bond donors (Lipinski definition) is 1. The van der Waals surface area contributed by atoms with Crippen molar-refractivity contribution in [2.45, 2.75) is 43.3 Å². The highest BCUT2D eigenvalue weighted by atomic mass is 35.5. The average molecular weight is 325 g/mol. The van der Waals surface area contributed by atoms with Crippen LogP contribution < -0.4 is 5.32 Å². The van der Waals surface area contributed by atoms with Crippen molar-refractivity contribution < 1.29 is 13.2 Å². The fourth-order valence-electron chi connectivity index (χ4n) is 3.14. The minimum absolute atomic E-state index is 0. The zero-order chi connectivity index (χ0) is 13.9. The Labute approximate surface area is 127 Å². The lowest BCUT2D eigenvalue weighted by molar-refractivity contribution is -0.134. The summed E-state index contributed by atoms with van der Waals surface area (Å²) in [5, 5.41) is 3.15. The molecule has 2 saturated heterocycles. The maximum atomic E-state index is 12.8. The number of nitrogens with one attached hydrogen (secondary N) is 1. The molecule has 118 valence electrons. The molecule has 0 atom stereocenters. The lowest BCUT2D eigenvalue weighted by atomic mass is 9.95. The lowest BCUT2D eigenvalue weighted by Crippen LogP contribution is -2.58. The summed E-state index contributed by atoms with van der Waals surface area (Å²) in [4.78, 5) is 14.6. The summed E-state index contributed by atoms with van der Waals surface area (Å²) in [5.41, 5.74) is 0. The van der Waals surface area contributed by atoms with Crippen molar-refractivity contribution in [2.24, 2.45) is 0 Å². The number of carbonyl (C=O) groups excluding carboxylic acids is 1. The first kappa shape index (κ1) is 17.7. The molecule has 0 aromatic heterocycles. The third kappa shape index (κ3) is 3.46. The number of halogens is 1. The van der Waals surface area contributed by atoms with Crippen LogP contribution in [0.1, 0.15) is 38.5 Å². The molecule has 1 amide bonds. The average Bonchev–Trinajstić information content (AvgIpc) is 2.66. The Kier molecular flexibility index (Phi) is 6.28. The first-order valence-electron chi connectivity index (χ1n) is 7.17. The highest BCUT2D eigenvalue weighted by molar-refractivity contribution is 7.92. The number of rotatable bonds is 2. The summed E-state index contributed by atoms with van der Waals surface area (Å²) < 4.78 is 23.2. The number of likely N-dealkylation sites (tertiary alicyclic amines) is 1. The maximum Gasteiger partial charge on any atom is 0.244 e. The van der Waals surface area contributed by atoms with E-state index < -0.39 is 14.6 Å². The van der Waals surface area contributed by atoms with Gasteiger partial charge in [-0.2, -0.15) is 0 Å². The smallest absolute Gasteiger partial charge is 0.244 e. The van der Waals surface area contributed by atoms with Crippen LogP contribution in [0.15, 0.2) is 0 Å². The van der Waals surface area contributed by atoms with Crippen LogP contribution in [-0.2, 0) is 14.6 Å². The molecule has 2 fully saturated rings. The summed E-state index contributed by atoms with van der Waals surface area (Å²) in [6.45, 7) is 2.63. The van der Waals surface area contributed by atoms with Crippen molar-refractivity contribution in [3.05, 3.63) is 0 Å². The molecule has 2 aliphatic heterocycles. The van der Waals surface area contributed by atoms with E-state index in [9.17, 15) is 13.2 Å². The van der Waals surface area contributed by atoms with E-state index in [1.807, 2.05) is 0 Å². The minimum atomic E-state index is -3.38. The highest BCUT2D eigenvalue weighted by Gasteiger charge is 2.50. The van der Waals surface area contributed by atoms with E-state index in [1.54, 1.807) is 4.90 Å². The molecule has 2 heterocycles. The Hall–Kier alpha value is -0.330. The summed E-state index contributed by atoms with van der Waals surface area (Å²) in [7, 11) is -3.38. The highest BCUT2D eigenvalue weighted by Crippen LogP contribution is 2.31. The number of carbonyl (C=O) groups is 1. The SMILES string of the molecule is CS(=O)(=O)C1(C(=O)N2CCCCCC2)CCNCC1.Cl. The molecule has 0 saturated carbocycles.